The Bertz CT molecular complexity index is 309. The average Bonchev–Trinajstić information content (AvgIpc) is 2.39. The second-order valence-corrected chi connectivity index (χ2v) is 5.50. The van der Waals surface area contributed by atoms with Crippen LogP contribution >= 0.6 is 0 Å². The Kier molecular flexibility index (Phi) is 5.14. The van der Waals surface area contributed by atoms with E-state index in [9.17, 15) is 9.59 Å². The number of nitrogens with two attached hydrogens (primary N) is 1. The number of amides is 2. The van der Waals surface area contributed by atoms with E-state index < -0.39 is 5.41 Å². The minimum absolute atomic E-state index is 0.0144. The molecule has 0 unspecified atom stereocenters. The molecule has 5 nitrogen and oxygen atoms in total. The van der Waals surface area contributed by atoms with E-state index in [1.165, 1.54) is 4.90 Å². The Hall–Kier alpha value is -1.10. The Morgan fingerprint density at radius 2 is 1.94 bits per heavy atom. The number of hydrogen-bond acceptors (Lipinski definition) is 3. The van der Waals surface area contributed by atoms with Gasteiger partial charge < -0.3 is 16.0 Å². The molecule has 0 aromatic carbocycles. The first-order chi connectivity index (χ1) is 8.45. The topological polar surface area (TPSA) is 75.4 Å². The molecule has 1 saturated carbocycles. The van der Waals surface area contributed by atoms with Gasteiger partial charge in [-0.25, -0.2) is 0 Å². The van der Waals surface area contributed by atoms with Gasteiger partial charge in [-0.15, -0.1) is 0 Å². The number of carbonyl (C=O) groups is 2. The largest absolute Gasteiger partial charge is 0.358 e. The highest BCUT2D eigenvalue weighted by molar-refractivity contribution is 5.87. The Labute approximate surface area is 109 Å². The first kappa shape index (κ1) is 15.0. The molecule has 1 rings (SSSR count). The molecule has 5 heteroatoms. The smallest absolute Gasteiger partial charge is 0.239 e. The van der Waals surface area contributed by atoms with Crippen molar-refractivity contribution in [1.82, 2.24) is 10.2 Å². The molecule has 0 saturated heterocycles. The van der Waals surface area contributed by atoms with E-state index in [-0.39, 0.29) is 18.4 Å². The quantitative estimate of drug-likeness (QED) is 0.761. The monoisotopic (exact) mass is 255 g/mol. The molecule has 0 bridgehead atoms. The summed E-state index contributed by atoms with van der Waals surface area (Å²) in [7, 11) is 3.24. The lowest BCUT2D eigenvalue weighted by Gasteiger charge is -2.39. The molecule has 0 radical (unpaired) electrons. The summed E-state index contributed by atoms with van der Waals surface area (Å²) in [6.07, 6.45) is 3.75. The predicted octanol–water partition coefficient (Wildman–Crippen LogP) is 0.346. The zero-order valence-corrected chi connectivity index (χ0v) is 11.7. The SMILES string of the molecule is CNC(=O)CN(C)C(=O)C1(CN)CCC(C)CC1. The minimum atomic E-state index is -0.449. The Balaban J connectivity index is 2.69. The molecule has 2 amide bonds. The first-order valence-corrected chi connectivity index (χ1v) is 6.61. The van der Waals surface area contributed by atoms with Gasteiger partial charge in [0, 0.05) is 20.6 Å². The van der Waals surface area contributed by atoms with Crippen molar-refractivity contribution in [3.8, 4) is 0 Å². The molecule has 1 aliphatic rings. The van der Waals surface area contributed by atoms with Crippen LogP contribution in [-0.2, 0) is 9.59 Å². The molecular formula is C13H25N3O2. The summed E-state index contributed by atoms with van der Waals surface area (Å²) in [5.41, 5.74) is 5.39. The van der Waals surface area contributed by atoms with Gasteiger partial charge in [0.25, 0.3) is 0 Å². The van der Waals surface area contributed by atoms with Crippen LogP contribution in [0.4, 0.5) is 0 Å². The van der Waals surface area contributed by atoms with Crippen molar-refractivity contribution in [2.24, 2.45) is 17.1 Å². The number of rotatable bonds is 4. The number of likely N-dealkylation sites (N-methyl/N-ethyl adjacent to an activating group) is 2. The van der Waals surface area contributed by atoms with E-state index in [1.54, 1.807) is 14.1 Å². The van der Waals surface area contributed by atoms with Gasteiger partial charge in [-0.2, -0.15) is 0 Å². The van der Waals surface area contributed by atoms with Crippen LogP contribution in [0.1, 0.15) is 32.6 Å². The van der Waals surface area contributed by atoms with Crippen LogP contribution < -0.4 is 11.1 Å². The van der Waals surface area contributed by atoms with Gasteiger partial charge in [-0.1, -0.05) is 6.92 Å². The standard InChI is InChI=1S/C13H25N3O2/c1-10-4-6-13(9-14,7-5-10)12(18)16(3)8-11(17)15-2/h10H,4-9,14H2,1-3H3,(H,15,17). The molecule has 1 aliphatic carbocycles. The molecule has 0 aromatic heterocycles. The van der Waals surface area contributed by atoms with Gasteiger partial charge in [0.2, 0.25) is 11.8 Å². The summed E-state index contributed by atoms with van der Waals surface area (Å²) in [6, 6.07) is 0. The summed E-state index contributed by atoms with van der Waals surface area (Å²) < 4.78 is 0. The van der Waals surface area contributed by atoms with Gasteiger partial charge in [0.15, 0.2) is 0 Å². The van der Waals surface area contributed by atoms with Crippen LogP contribution in [0.3, 0.4) is 0 Å². The van der Waals surface area contributed by atoms with E-state index in [0.29, 0.717) is 12.5 Å². The highest BCUT2D eigenvalue weighted by Gasteiger charge is 2.41. The number of nitrogens with one attached hydrogen (secondary N) is 1. The van der Waals surface area contributed by atoms with E-state index >= 15 is 0 Å². The van der Waals surface area contributed by atoms with Crippen molar-refractivity contribution in [3.05, 3.63) is 0 Å². The van der Waals surface area contributed by atoms with Gasteiger partial charge in [-0.3, -0.25) is 9.59 Å². The van der Waals surface area contributed by atoms with Crippen molar-refractivity contribution >= 4 is 11.8 Å². The van der Waals surface area contributed by atoms with Crippen LogP contribution in [0.15, 0.2) is 0 Å². The highest BCUT2D eigenvalue weighted by atomic mass is 16.2. The van der Waals surface area contributed by atoms with E-state index in [1.807, 2.05) is 0 Å². The average molecular weight is 255 g/mol. The number of nitrogens with zero attached hydrogens (tertiary/aromatic N) is 1. The lowest BCUT2D eigenvalue weighted by atomic mass is 9.70. The molecule has 3 N–H and O–H groups in total. The molecule has 1 fully saturated rings. The fourth-order valence-corrected chi connectivity index (χ4v) is 2.59. The maximum absolute atomic E-state index is 12.5. The van der Waals surface area contributed by atoms with E-state index in [2.05, 4.69) is 12.2 Å². The Morgan fingerprint density at radius 1 is 1.39 bits per heavy atom. The third-order valence-electron chi connectivity index (χ3n) is 4.08. The van der Waals surface area contributed by atoms with Crippen molar-refractivity contribution in [2.45, 2.75) is 32.6 Å². The fraction of sp³-hybridized carbons (Fsp3) is 0.846. The van der Waals surface area contributed by atoms with Crippen molar-refractivity contribution < 1.29 is 9.59 Å². The van der Waals surface area contributed by atoms with Crippen molar-refractivity contribution in [2.75, 3.05) is 27.2 Å². The lowest BCUT2D eigenvalue weighted by Crippen LogP contribution is -2.50. The molecular weight excluding hydrogens is 230 g/mol. The summed E-state index contributed by atoms with van der Waals surface area (Å²) in [5.74, 6) is 0.532. The predicted molar refractivity (Wildman–Crippen MR) is 70.8 cm³/mol. The fourth-order valence-electron chi connectivity index (χ4n) is 2.59. The van der Waals surface area contributed by atoms with Gasteiger partial charge >= 0.3 is 0 Å². The summed E-state index contributed by atoms with van der Waals surface area (Å²) >= 11 is 0. The third-order valence-corrected chi connectivity index (χ3v) is 4.08. The van der Waals surface area contributed by atoms with Crippen LogP contribution in [0.5, 0.6) is 0 Å². The van der Waals surface area contributed by atoms with Crippen LogP contribution in [0.25, 0.3) is 0 Å². The Morgan fingerprint density at radius 3 is 2.39 bits per heavy atom. The summed E-state index contributed by atoms with van der Waals surface area (Å²) in [6.45, 7) is 2.68. The van der Waals surface area contributed by atoms with Crippen molar-refractivity contribution in [3.63, 3.8) is 0 Å². The summed E-state index contributed by atoms with van der Waals surface area (Å²) in [4.78, 5) is 25.3. The molecule has 0 heterocycles. The maximum Gasteiger partial charge on any atom is 0.239 e. The van der Waals surface area contributed by atoms with E-state index in [4.69, 9.17) is 5.73 Å². The second kappa shape index (κ2) is 6.18. The molecule has 104 valence electrons. The van der Waals surface area contributed by atoms with Crippen LogP contribution in [0, 0.1) is 11.3 Å². The molecule has 0 aromatic rings. The third kappa shape index (κ3) is 3.22. The maximum atomic E-state index is 12.5. The van der Waals surface area contributed by atoms with Crippen molar-refractivity contribution in [1.29, 1.82) is 0 Å². The molecule has 0 aliphatic heterocycles. The second-order valence-electron chi connectivity index (χ2n) is 5.50. The zero-order chi connectivity index (χ0) is 13.8. The van der Waals surface area contributed by atoms with Gasteiger partial charge in [-0.05, 0) is 31.6 Å². The van der Waals surface area contributed by atoms with Gasteiger partial charge in [0.05, 0.1) is 12.0 Å². The highest BCUT2D eigenvalue weighted by Crippen LogP contribution is 2.39. The lowest BCUT2D eigenvalue weighted by molar-refractivity contribution is -0.145. The molecule has 0 spiro atoms. The van der Waals surface area contributed by atoms with Crippen LogP contribution in [-0.4, -0.2) is 43.9 Å². The first-order valence-electron chi connectivity index (χ1n) is 6.61. The van der Waals surface area contributed by atoms with Gasteiger partial charge in [0.1, 0.15) is 0 Å². The minimum Gasteiger partial charge on any atom is -0.358 e. The summed E-state index contributed by atoms with van der Waals surface area (Å²) in [5, 5.41) is 2.53. The zero-order valence-electron chi connectivity index (χ0n) is 11.7. The van der Waals surface area contributed by atoms with Crippen LogP contribution in [0.2, 0.25) is 0 Å². The normalized spacial score (nSPS) is 27.7. The molecule has 0 atom stereocenters. The number of hydrogen-bond donors (Lipinski definition) is 2. The van der Waals surface area contributed by atoms with E-state index in [0.717, 1.165) is 25.7 Å². The number of carbonyl (C=O) groups excluding carboxylic acids is 2. The molecule has 18 heavy (non-hydrogen) atoms.